The third-order valence-electron chi connectivity index (χ3n) is 13.7. The van der Waals surface area contributed by atoms with Crippen LogP contribution in [0.2, 0.25) is 20.1 Å². The van der Waals surface area contributed by atoms with Crippen molar-refractivity contribution in [2.45, 2.75) is 115 Å². The lowest BCUT2D eigenvalue weighted by atomic mass is 9.65. The molecule has 2 atom stereocenters. The van der Waals surface area contributed by atoms with Crippen molar-refractivity contribution in [1.82, 2.24) is 10.6 Å². The molecule has 0 bridgehead atoms. The Morgan fingerprint density at radius 1 is 0.623 bits per heavy atom. The Bertz CT molecular complexity index is 2900. The molecule has 13 nitrogen and oxygen atoms in total. The Morgan fingerprint density at radius 3 is 1.40 bits per heavy atom. The molecule has 0 aromatic heterocycles. The number of methoxy groups -OCH3 is 1. The quantitative estimate of drug-likeness (QED) is 0.0179. The maximum atomic E-state index is 12.6. The Morgan fingerprint density at radius 2 is 1.03 bits per heavy atom. The summed E-state index contributed by atoms with van der Waals surface area (Å²) in [6.45, 7) is 1.59. The lowest BCUT2D eigenvalue weighted by molar-refractivity contribution is -0.142. The summed E-state index contributed by atoms with van der Waals surface area (Å²) in [5.74, 6) is -0.406. The molecule has 2 fully saturated rings. The molecule has 22 heteroatoms. The highest BCUT2D eigenvalue weighted by atomic mass is 35.5. The van der Waals surface area contributed by atoms with Crippen LogP contribution in [0.3, 0.4) is 0 Å². The van der Waals surface area contributed by atoms with Gasteiger partial charge in [0.25, 0.3) is 11.1 Å². The van der Waals surface area contributed by atoms with Gasteiger partial charge >= 0.3 is 5.97 Å². The molecule has 0 aliphatic heterocycles. The first-order chi connectivity index (χ1) is 36.2. The topological polar surface area (TPSA) is 208 Å². The van der Waals surface area contributed by atoms with E-state index >= 15 is 0 Å². The van der Waals surface area contributed by atoms with Crippen LogP contribution < -0.4 is 21.7 Å². The lowest BCUT2D eigenvalue weighted by Crippen LogP contribution is -2.51. The zero-order valence-corrected chi connectivity index (χ0v) is 50.6. The van der Waals surface area contributed by atoms with Crippen LogP contribution >= 0.6 is 82.4 Å². The number of nitrogens with one attached hydrogen (secondary N) is 3. The highest BCUT2D eigenvalue weighted by molar-refractivity contribution is 7.90. The van der Waals surface area contributed by atoms with Crippen molar-refractivity contribution in [3.8, 4) is 0 Å². The summed E-state index contributed by atoms with van der Waals surface area (Å²) in [5, 5.41) is 9.80. The van der Waals surface area contributed by atoms with E-state index in [4.69, 9.17) is 92.9 Å². The van der Waals surface area contributed by atoms with Crippen LogP contribution in [-0.4, -0.2) is 92.9 Å². The van der Waals surface area contributed by atoms with E-state index in [9.17, 15) is 36.0 Å². The summed E-state index contributed by atoms with van der Waals surface area (Å²) >= 11 is 40.3. The number of nitrogen functional groups attached to an aromatic ring is 1. The standard InChI is InChI=1S/C27H32Cl2N2O5S2.C21H32N2O3S2.C7H3Cl3O/c1-36-25(33)22(31-26(37)27(14-6-15-27)13-3-4-16-38(2,34)35)17-18-9-11-19(12-10-18)30-24(32)23-20(28)7-5-8-21(23)29;1-16(24)19(15-17-7-9-18(22)10-8-17)23-20(27)21(11-3-4-12-21)13-5-6-14-28(2,25)26;8-4-2-1-3-5(9)6(4)7(10)11/h5,7-12,22H,3-4,6,13-17H2,1-2H3,(H,30,32)(H,31,37);7-10,19H,3-6,11-15,22H2,1-2H3,(H,23,27);1-3H. The van der Waals surface area contributed by atoms with Crippen LogP contribution in [0, 0.1) is 10.8 Å². The molecule has 0 heterocycles. The highest BCUT2D eigenvalue weighted by Crippen LogP contribution is 2.46. The van der Waals surface area contributed by atoms with Gasteiger partial charge in [0.1, 0.15) is 25.7 Å². The van der Waals surface area contributed by atoms with Gasteiger partial charge in [0, 0.05) is 52.6 Å². The molecule has 4 aromatic carbocycles. The van der Waals surface area contributed by atoms with Crippen molar-refractivity contribution in [2.24, 2.45) is 10.8 Å². The molecule has 2 saturated carbocycles. The molecule has 2 unspecified atom stereocenters. The first-order valence-corrected chi connectivity index (χ1v) is 31.9. The van der Waals surface area contributed by atoms with E-state index in [1.807, 2.05) is 36.4 Å². The predicted molar refractivity (Wildman–Crippen MR) is 322 cm³/mol. The molecule has 0 spiro atoms. The van der Waals surface area contributed by atoms with Gasteiger partial charge < -0.3 is 26.4 Å². The third-order valence-corrected chi connectivity index (χ3v) is 18.3. The predicted octanol–water partition coefficient (Wildman–Crippen LogP) is 12.5. The number of nitrogens with two attached hydrogens (primary N) is 1. The molecule has 0 radical (unpaired) electrons. The number of hydrogen-bond donors (Lipinski definition) is 4. The second kappa shape index (κ2) is 30.6. The van der Waals surface area contributed by atoms with Crippen molar-refractivity contribution < 1.29 is 40.8 Å². The van der Waals surface area contributed by atoms with Gasteiger partial charge in [-0.3, -0.25) is 14.4 Å². The fourth-order valence-electron chi connectivity index (χ4n) is 9.19. The number of esters is 1. The maximum absolute atomic E-state index is 12.6. The van der Waals surface area contributed by atoms with Crippen molar-refractivity contribution in [3.63, 3.8) is 0 Å². The molecule has 4 aromatic rings. The average Bonchev–Trinajstić information content (AvgIpc) is 3.83. The fraction of sp³-hybridized carbons (Fsp3) is 0.455. The molecule has 2 aliphatic rings. The molecule has 6 rings (SSSR count). The van der Waals surface area contributed by atoms with Gasteiger partial charge in [0.2, 0.25) is 0 Å². The van der Waals surface area contributed by atoms with Gasteiger partial charge in [-0.1, -0.05) is 139 Å². The van der Waals surface area contributed by atoms with E-state index in [-0.39, 0.29) is 65.4 Å². The van der Waals surface area contributed by atoms with Crippen LogP contribution in [0.15, 0.2) is 84.9 Å². The number of halogens is 5. The monoisotopic (exact) mass is 1230 g/mol. The number of carbonyl (C=O) groups excluding carboxylic acids is 4. The van der Waals surface area contributed by atoms with Gasteiger partial charge in [-0.15, -0.1) is 0 Å². The highest BCUT2D eigenvalue weighted by Gasteiger charge is 2.42. The van der Waals surface area contributed by atoms with E-state index < -0.39 is 42.8 Å². The van der Waals surface area contributed by atoms with E-state index in [2.05, 4.69) is 16.0 Å². The van der Waals surface area contributed by atoms with Crippen LogP contribution in [0.5, 0.6) is 0 Å². The van der Waals surface area contributed by atoms with Crippen molar-refractivity contribution in [2.75, 3.05) is 42.2 Å². The van der Waals surface area contributed by atoms with E-state index in [1.165, 1.54) is 19.6 Å². The number of anilines is 2. The van der Waals surface area contributed by atoms with Crippen molar-refractivity contribution in [3.05, 3.63) is 127 Å². The van der Waals surface area contributed by atoms with Gasteiger partial charge in [0.15, 0.2) is 5.78 Å². The maximum Gasteiger partial charge on any atom is 0.328 e. The number of rotatable bonds is 23. The molecule has 77 heavy (non-hydrogen) atoms. The summed E-state index contributed by atoms with van der Waals surface area (Å²) in [4.78, 5) is 49.5. The number of carbonyl (C=O) groups is 4. The average molecular weight is 1230 g/mol. The van der Waals surface area contributed by atoms with E-state index in [0.717, 1.165) is 86.7 Å². The molecule has 420 valence electrons. The van der Waals surface area contributed by atoms with E-state index in [0.29, 0.717) is 42.0 Å². The van der Waals surface area contributed by atoms with Gasteiger partial charge in [-0.2, -0.15) is 0 Å². The molecular weight excluding hydrogens is 1170 g/mol. The zero-order valence-electron chi connectivity index (χ0n) is 43.5. The second-order valence-corrected chi connectivity index (χ2v) is 27.1. The van der Waals surface area contributed by atoms with Crippen LogP contribution in [0.1, 0.15) is 122 Å². The Balaban J connectivity index is 0.000000285. The first kappa shape index (κ1) is 65.6. The molecular formula is C55H67Cl5N4O9S4. The SMILES string of the molecule is CC(=O)C(Cc1ccc(N)cc1)NC(=S)C1(CCCCS(C)(=O)=O)CCCC1.COC(=O)C(Cc1ccc(NC(=O)c2c(Cl)cccc2Cl)cc1)NC(=S)C1(CCCCS(C)(=O)=O)CCC1.O=C(Cl)c1c(Cl)cccc1Cl. The smallest absolute Gasteiger partial charge is 0.328 e. The van der Waals surface area contributed by atoms with Gasteiger partial charge in [-0.25, -0.2) is 21.6 Å². The number of benzene rings is 4. The number of sulfone groups is 2. The summed E-state index contributed by atoms with van der Waals surface area (Å²) in [6, 6.07) is 23.2. The first-order valence-electron chi connectivity index (χ1n) is 25.1. The number of Topliss-reactive ketones (excluding diaryl/α,β-unsaturated/α-hetero) is 1. The zero-order chi connectivity index (χ0) is 57.1. The summed E-state index contributed by atoms with van der Waals surface area (Å²) in [5.41, 5.74) is 8.92. The molecule has 2 aliphatic carbocycles. The lowest BCUT2D eigenvalue weighted by Gasteiger charge is -2.43. The fourth-order valence-corrected chi connectivity index (χ4v) is 13.0. The number of amides is 1. The molecule has 5 N–H and O–H groups in total. The number of unbranched alkanes of at least 4 members (excludes halogenated alkanes) is 2. The number of thiocarbonyl (C=S) groups is 2. The van der Waals surface area contributed by atoms with Crippen molar-refractivity contribution in [1.29, 1.82) is 0 Å². The Labute approximate surface area is 489 Å². The third kappa shape index (κ3) is 21.3. The summed E-state index contributed by atoms with van der Waals surface area (Å²) < 4.78 is 50.7. The normalized spacial score (nSPS) is 15.1. The number of ether oxygens (including phenoxy) is 1. The largest absolute Gasteiger partial charge is 0.467 e. The summed E-state index contributed by atoms with van der Waals surface area (Å²) in [6.07, 6.45) is 15.0. The minimum atomic E-state index is -2.99. The van der Waals surface area contributed by atoms with Crippen LogP contribution in [-0.2, 0) is 46.8 Å². The minimum absolute atomic E-state index is 0.0596. The summed E-state index contributed by atoms with van der Waals surface area (Å²) in [7, 11) is -4.59. The second-order valence-electron chi connectivity index (χ2n) is 19.7. The van der Waals surface area contributed by atoms with E-state index in [1.54, 1.807) is 55.5 Å². The van der Waals surface area contributed by atoms with Gasteiger partial charge in [0.05, 0.1) is 54.3 Å². The number of ketones is 1. The van der Waals surface area contributed by atoms with Crippen LogP contribution in [0.25, 0.3) is 0 Å². The van der Waals surface area contributed by atoms with Gasteiger partial charge in [-0.05, 0) is 136 Å². The molecule has 0 saturated heterocycles. The Hall–Kier alpha value is -3.91. The minimum Gasteiger partial charge on any atom is -0.467 e. The number of hydrogen-bond acceptors (Lipinski definition) is 12. The van der Waals surface area contributed by atoms with Crippen molar-refractivity contribution >= 4 is 146 Å². The van der Waals surface area contributed by atoms with Crippen LogP contribution in [0.4, 0.5) is 11.4 Å². The molecule has 1 amide bonds. The Kier molecular flexibility index (Phi) is 26.1.